The SMILES string of the molecule is CC(=O)N(CCNS(=O)(=O)c1cccc(C)c1)c1cccc(C)c1C. The van der Waals surface area contributed by atoms with Gasteiger partial charge in [0, 0.05) is 25.7 Å². The van der Waals surface area contributed by atoms with Crippen molar-refractivity contribution in [1.29, 1.82) is 0 Å². The molecule has 1 amide bonds. The molecule has 2 aromatic carbocycles. The third-order valence-electron chi connectivity index (χ3n) is 4.17. The first-order valence-electron chi connectivity index (χ1n) is 8.13. The number of nitrogens with one attached hydrogen (secondary N) is 1. The second kappa shape index (κ2) is 7.80. The molecule has 25 heavy (non-hydrogen) atoms. The molecule has 0 bridgehead atoms. The van der Waals surface area contributed by atoms with Crippen molar-refractivity contribution in [2.45, 2.75) is 32.6 Å². The van der Waals surface area contributed by atoms with E-state index in [9.17, 15) is 13.2 Å². The monoisotopic (exact) mass is 360 g/mol. The van der Waals surface area contributed by atoms with Gasteiger partial charge in [0.05, 0.1) is 4.90 Å². The van der Waals surface area contributed by atoms with Gasteiger partial charge in [-0.15, -0.1) is 0 Å². The van der Waals surface area contributed by atoms with Crippen LogP contribution in [0.4, 0.5) is 5.69 Å². The van der Waals surface area contributed by atoms with Crippen molar-refractivity contribution in [3.05, 3.63) is 59.2 Å². The molecule has 0 spiro atoms. The number of nitrogens with zero attached hydrogens (tertiary/aromatic N) is 1. The molecule has 1 N–H and O–H groups in total. The molecule has 0 aliphatic heterocycles. The summed E-state index contributed by atoms with van der Waals surface area (Å²) in [6.07, 6.45) is 0. The number of carbonyl (C=O) groups excluding carboxylic acids is 1. The number of hydrogen-bond donors (Lipinski definition) is 1. The lowest BCUT2D eigenvalue weighted by Crippen LogP contribution is -2.38. The number of rotatable bonds is 6. The number of anilines is 1. The largest absolute Gasteiger partial charge is 0.311 e. The lowest BCUT2D eigenvalue weighted by molar-refractivity contribution is -0.116. The summed E-state index contributed by atoms with van der Waals surface area (Å²) in [7, 11) is -3.59. The van der Waals surface area contributed by atoms with Gasteiger partial charge < -0.3 is 4.90 Å². The molecule has 2 rings (SSSR count). The number of amides is 1. The summed E-state index contributed by atoms with van der Waals surface area (Å²) in [4.78, 5) is 13.9. The Labute approximate surface area is 149 Å². The van der Waals surface area contributed by atoms with Gasteiger partial charge >= 0.3 is 0 Å². The summed E-state index contributed by atoms with van der Waals surface area (Å²) in [6, 6.07) is 12.5. The molecule has 0 heterocycles. The Kier molecular flexibility index (Phi) is 5.98. The average molecular weight is 360 g/mol. The molecule has 0 unspecified atom stereocenters. The second-order valence-corrected chi connectivity index (χ2v) is 7.87. The Hall–Kier alpha value is -2.18. The zero-order valence-electron chi connectivity index (χ0n) is 15.0. The highest BCUT2D eigenvalue weighted by Crippen LogP contribution is 2.22. The van der Waals surface area contributed by atoms with E-state index in [0.29, 0.717) is 0 Å². The van der Waals surface area contributed by atoms with Crippen molar-refractivity contribution in [2.24, 2.45) is 0 Å². The van der Waals surface area contributed by atoms with E-state index in [-0.39, 0.29) is 23.9 Å². The predicted molar refractivity (Wildman–Crippen MR) is 100 cm³/mol. The fourth-order valence-electron chi connectivity index (χ4n) is 2.63. The molecular weight excluding hydrogens is 336 g/mol. The number of sulfonamides is 1. The van der Waals surface area contributed by atoms with Crippen LogP contribution in [0.15, 0.2) is 47.4 Å². The highest BCUT2D eigenvalue weighted by molar-refractivity contribution is 7.89. The molecular formula is C19H24N2O3S. The maximum Gasteiger partial charge on any atom is 0.240 e. The summed E-state index contributed by atoms with van der Waals surface area (Å²) in [5.74, 6) is -0.122. The molecule has 0 aromatic heterocycles. The molecule has 0 aliphatic rings. The van der Waals surface area contributed by atoms with Gasteiger partial charge in [-0.3, -0.25) is 4.79 Å². The van der Waals surface area contributed by atoms with E-state index in [1.165, 1.54) is 6.92 Å². The van der Waals surface area contributed by atoms with Crippen molar-refractivity contribution in [3.8, 4) is 0 Å². The van der Waals surface area contributed by atoms with Crippen molar-refractivity contribution in [2.75, 3.05) is 18.0 Å². The van der Waals surface area contributed by atoms with E-state index in [2.05, 4.69) is 4.72 Å². The molecule has 6 heteroatoms. The Morgan fingerprint density at radius 1 is 1.08 bits per heavy atom. The van der Waals surface area contributed by atoms with Gasteiger partial charge in [0.25, 0.3) is 0 Å². The van der Waals surface area contributed by atoms with Crippen molar-refractivity contribution in [3.63, 3.8) is 0 Å². The quantitative estimate of drug-likeness (QED) is 0.861. The minimum atomic E-state index is -3.59. The Morgan fingerprint density at radius 2 is 1.76 bits per heavy atom. The van der Waals surface area contributed by atoms with E-state index in [4.69, 9.17) is 0 Å². The van der Waals surface area contributed by atoms with Crippen LogP contribution in [0.1, 0.15) is 23.6 Å². The van der Waals surface area contributed by atoms with Gasteiger partial charge in [0.1, 0.15) is 0 Å². The van der Waals surface area contributed by atoms with Crippen LogP contribution in [-0.2, 0) is 14.8 Å². The first-order valence-corrected chi connectivity index (χ1v) is 9.61. The first kappa shape index (κ1) is 19.1. The molecule has 134 valence electrons. The van der Waals surface area contributed by atoms with Crippen LogP contribution in [-0.4, -0.2) is 27.4 Å². The van der Waals surface area contributed by atoms with E-state index in [1.54, 1.807) is 23.1 Å². The Bertz CT molecular complexity index is 876. The van der Waals surface area contributed by atoms with Crippen LogP contribution in [0.2, 0.25) is 0 Å². The van der Waals surface area contributed by atoms with Crippen LogP contribution in [0.25, 0.3) is 0 Å². The molecule has 0 fully saturated rings. The van der Waals surface area contributed by atoms with Crippen molar-refractivity contribution in [1.82, 2.24) is 4.72 Å². The lowest BCUT2D eigenvalue weighted by atomic mass is 10.1. The zero-order valence-corrected chi connectivity index (χ0v) is 15.9. The maximum absolute atomic E-state index is 12.4. The summed E-state index contributed by atoms with van der Waals surface area (Å²) >= 11 is 0. The minimum Gasteiger partial charge on any atom is -0.311 e. The van der Waals surface area contributed by atoms with Crippen LogP contribution in [0.5, 0.6) is 0 Å². The van der Waals surface area contributed by atoms with Crippen LogP contribution >= 0.6 is 0 Å². The summed E-state index contributed by atoms with van der Waals surface area (Å²) in [5, 5.41) is 0. The number of aryl methyl sites for hydroxylation is 2. The third kappa shape index (κ3) is 4.67. The molecule has 0 radical (unpaired) electrons. The Morgan fingerprint density at radius 3 is 2.40 bits per heavy atom. The normalized spacial score (nSPS) is 11.4. The summed E-state index contributed by atoms with van der Waals surface area (Å²) in [6.45, 7) is 7.68. The van der Waals surface area contributed by atoms with Crippen LogP contribution < -0.4 is 9.62 Å². The van der Waals surface area contributed by atoms with E-state index in [0.717, 1.165) is 22.4 Å². The average Bonchev–Trinajstić information content (AvgIpc) is 2.54. The summed E-state index contributed by atoms with van der Waals surface area (Å²) in [5.41, 5.74) is 3.79. The topological polar surface area (TPSA) is 66.5 Å². The van der Waals surface area contributed by atoms with Gasteiger partial charge in [0.15, 0.2) is 0 Å². The predicted octanol–water partition coefficient (Wildman–Crippen LogP) is 2.94. The van der Waals surface area contributed by atoms with Gasteiger partial charge in [0.2, 0.25) is 15.9 Å². The van der Waals surface area contributed by atoms with Crippen LogP contribution in [0.3, 0.4) is 0 Å². The molecule has 0 saturated heterocycles. The minimum absolute atomic E-state index is 0.122. The smallest absolute Gasteiger partial charge is 0.240 e. The van der Waals surface area contributed by atoms with Gasteiger partial charge in [-0.1, -0.05) is 24.3 Å². The number of benzene rings is 2. The van der Waals surface area contributed by atoms with Crippen molar-refractivity contribution >= 4 is 21.6 Å². The highest BCUT2D eigenvalue weighted by Gasteiger charge is 2.17. The van der Waals surface area contributed by atoms with E-state index >= 15 is 0 Å². The molecule has 0 aliphatic carbocycles. The van der Waals surface area contributed by atoms with Gasteiger partial charge in [-0.05, 0) is 55.7 Å². The fourth-order valence-corrected chi connectivity index (χ4v) is 3.76. The second-order valence-electron chi connectivity index (χ2n) is 6.10. The zero-order chi connectivity index (χ0) is 18.6. The van der Waals surface area contributed by atoms with Crippen LogP contribution in [0, 0.1) is 20.8 Å². The first-order chi connectivity index (χ1) is 11.7. The van der Waals surface area contributed by atoms with Gasteiger partial charge in [-0.2, -0.15) is 0 Å². The van der Waals surface area contributed by atoms with E-state index < -0.39 is 10.0 Å². The third-order valence-corrected chi connectivity index (χ3v) is 5.63. The molecule has 0 atom stereocenters. The molecule has 0 saturated carbocycles. The number of carbonyl (C=O) groups is 1. The van der Waals surface area contributed by atoms with Crippen molar-refractivity contribution < 1.29 is 13.2 Å². The summed E-state index contributed by atoms with van der Waals surface area (Å²) < 4.78 is 27.3. The standard InChI is InChI=1S/C19H24N2O3S/c1-14-7-5-9-18(13-14)25(23,24)20-11-12-21(17(4)22)19-10-6-8-15(2)16(19)3/h5-10,13,20H,11-12H2,1-4H3. The maximum atomic E-state index is 12.4. The number of hydrogen-bond acceptors (Lipinski definition) is 3. The lowest BCUT2D eigenvalue weighted by Gasteiger charge is -2.24. The Balaban J connectivity index is 2.12. The van der Waals surface area contributed by atoms with E-state index in [1.807, 2.05) is 45.0 Å². The highest BCUT2D eigenvalue weighted by atomic mass is 32.2. The molecule has 5 nitrogen and oxygen atoms in total. The molecule has 2 aromatic rings. The van der Waals surface area contributed by atoms with Gasteiger partial charge in [-0.25, -0.2) is 13.1 Å². The fraction of sp³-hybridized carbons (Fsp3) is 0.316.